The fourth-order valence-electron chi connectivity index (χ4n) is 3.29. The van der Waals surface area contributed by atoms with Crippen molar-refractivity contribution in [2.45, 2.75) is 13.5 Å². The summed E-state index contributed by atoms with van der Waals surface area (Å²) < 4.78 is 5.40. The van der Waals surface area contributed by atoms with Gasteiger partial charge in [0.05, 0.1) is 18.2 Å². The standard InChI is InChI=1S/C19H23N5O3S/c1-14-2-4-15(5-3-14)19-20-16(27-21-19)10-22-6-8-23(9-7-22)17(25)11-24-13-28-12-18(24)26/h2-5H,6-13H2,1H3. The number of carbonyl (C=O) groups excluding carboxylic acids is 2. The smallest absolute Gasteiger partial charge is 0.242 e. The summed E-state index contributed by atoms with van der Waals surface area (Å²) in [6, 6.07) is 8.02. The molecular formula is C19H23N5O3S. The number of benzene rings is 1. The third kappa shape index (κ3) is 4.36. The van der Waals surface area contributed by atoms with Gasteiger partial charge < -0.3 is 14.3 Å². The molecule has 0 spiro atoms. The molecule has 0 atom stereocenters. The van der Waals surface area contributed by atoms with E-state index in [0.29, 0.717) is 43.0 Å². The molecule has 2 fully saturated rings. The molecule has 2 saturated heterocycles. The molecule has 8 nitrogen and oxygen atoms in total. The van der Waals surface area contributed by atoms with Gasteiger partial charge in [0.1, 0.15) is 6.54 Å². The highest BCUT2D eigenvalue weighted by Crippen LogP contribution is 2.18. The summed E-state index contributed by atoms with van der Waals surface area (Å²) in [7, 11) is 0. The molecule has 2 aliphatic heterocycles. The van der Waals surface area contributed by atoms with Crippen LogP contribution < -0.4 is 0 Å². The summed E-state index contributed by atoms with van der Waals surface area (Å²) in [5.41, 5.74) is 2.12. The summed E-state index contributed by atoms with van der Waals surface area (Å²) in [4.78, 5) is 34.2. The molecule has 9 heteroatoms. The first-order chi connectivity index (χ1) is 13.6. The molecule has 0 bridgehead atoms. The third-order valence-corrected chi connectivity index (χ3v) is 5.96. The number of carbonyl (C=O) groups is 2. The number of aromatic nitrogens is 2. The maximum Gasteiger partial charge on any atom is 0.242 e. The molecule has 1 aromatic carbocycles. The molecule has 0 saturated carbocycles. The van der Waals surface area contributed by atoms with Crippen LogP contribution in [0, 0.1) is 6.92 Å². The Morgan fingerprint density at radius 3 is 2.61 bits per heavy atom. The highest BCUT2D eigenvalue weighted by molar-refractivity contribution is 8.00. The second-order valence-corrected chi connectivity index (χ2v) is 8.06. The maximum atomic E-state index is 12.4. The van der Waals surface area contributed by atoms with E-state index in [0.717, 1.165) is 18.7 Å². The van der Waals surface area contributed by atoms with Crippen LogP contribution in [0.4, 0.5) is 0 Å². The van der Waals surface area contributed by atoms with E-state index in [-0.39, 0.29) is 18.4 Å². The number of hydrogen-bond donors (Lipinski definition) is 0. The monoisotopic (exact) mass is 401 g/mol. The van der Waals surface area contributed by atoms with Crippen LogP contribution in [0.5, 0.6) is 0 Å². The zero-order valence-corrected chi connectivity index (χ0v) is 16.7. The molecule has 28 heavy (non-hydrogen) atoms. The van der Waals surface area contributed by atoms with Crippen LogP contribution >= 0.6 is 11.8 Å². The summed E-state index contributed by atoms with van der Waals surface area (Å²) in [6.07, 6.45) is 0. The van der Waals surface area contributed by atoms with Crippen LogP contribution in [0.3, 0.4) is 0 Å². The second-order valence-electron chi connectivity index (χ2n) is 7.10. The Hall–Kier alpha value is -2.39. The van der Waals surface area contributed by atoms with E-state index in [1.807, 2.05) is 36.1 Å². The fraction of sp³-hybridized carbons (Fsp3) is 0.474. The number of amides is 2. The summed E-state index contributed by atoms with van der Waals surface area (Å²) >= 11 is 1.56. The maximum absolute atomic E-state index is 12.4. The Bertz CT molecular complexity index is 846. The van der Waals surface area contributed by atoms with Crippen LogP contribution in [0.15, 0.2) is 28.8 Å². The topological polar surface area (TPSA) is 82.8 Å². The van der Waals surface area contributed by atoms with Gasteiger partial charge in [-0.1, -0.05) is 35.0 Å². The first kappa shape index (κ1) is 18.9. The lowest BCUT2D eigenvalue weighted by Gasteiger charge is -2.34. The van der Waals surface area contributed by atoms with E-state index in [1.54, 1.807) is 16.7 Å². The van der Waals surface area contributed by atoms with Crippen LogP contribution in [-0.4, -0.2) is 81.0 Å². The molecule has 0 radical (unpaired) electrons. The highest BCUT2D eigenvalue weighted by atomic mass is 32.2. The highest BCUT2D eigenvalue weighted by Gasteiger charge is 2.27. The quantitative estimate of drug-likeness (QED) is 0.745. The Balaban J connectivity index is 1.27. The number of rotatable bonds is 5. The Labute approximate surface area is 167 Å². The summed E-state index contributed by atoms with van der Waals surface area (Å²) in [6.45, 7) is 5.59. The van der Waals surface area contributed by atoms with Gasteiger partial charge in [0.15, 0.2) is 0 Å². The van der Waals surface area contributed by atoms with Gasteiger partial charge in [0.2, 0.25) is 23.5 Å². The van der Waals surface area contributed by atoms with Gasteiger partial charge in [-0.15, -0.1) is 11.8 Å². The first-order valence-corrected chi connectivity index (χ1v) is 10.5. The van der Waals surface area contributed by atoms with Gasteiger partial charge in [-0.25, -0.2) is 0 Å². The molecule has 0 N–H and O–H groups in total. The molecule has 148 valence electrons. The number of nitrogens with zero attached hydrogens (tertiary/aromatic N) is 5. The van der Waals surface area contributed by atoms with Crippen molar-refractivity contribution in [3.05, 3.63) is 35.7 Å². The molecule has 2 amide bonds. The zero-order chi connectivity index (χ0) is 19.5. The lowest BCUT2D eigenvalue weighted by molar-refractivity contribution is -0.139. The molecule has 1 aromatic heterocycles. The molecular weight excluding hydrogens is 378 g/mol. The van der Waals surface area contributed by atoms with E-state index in [4.69, 9.17) is 4.52 Å². The minimum Gasteiger partial charge on any atom is -0.339 e. The van der Waals surface area contributed by atoms with Crippen molar-refractivity contribution in [3.63, 3.8) is 0 Å². The number of thioether (sulfide) groups is 1. The number of piperazine rings is 1. The molecule has 4 rings (SSSR count). The summed E-state index contributed by atoms with van der Waals surface area (Å²) in [5, 5.41) is 4.07. The molecule has 2 aromatic rings. The predicted octanol–water partition coefficient (Wildman–Crippen LogP) is 1.22. The SMILES string of the molecule is Cc1ccc(-c2noc(CN3CCN(C(=O)CN4CSCC4=O)CC3)n2)cc1. The molecule has 2 aliphatic rings. The van der Waals surface area contributed by atoms with Crippen LogP contribution in [0.1, 0.15) is 11.5 Å². The fourth-order valence-corrected chi connectivity index (χ4v) is 4.19. The van der Waals surface area contributed by atoms with E-state index in [2.05, 4.69) is 15.0 Å². The van der Waals surface area contributed by atoms with E-state index in [9.17, 15) is 9.59 Å². The van der Waals surface area contributed by atoms with Gasteiger partial charge in [-0.2, -0.15) is 4.98 Å². The van der Waals surface area contributed by atoms with Crippen LogP contribution in [0.25, 0.3) is 11.4 Å². The molecule has 0 unspecified atom stereocenters. The first-order valence-electron chi connectivity index (χ1n) is 9.34. The minimum absolute atomic E-state index is 0.0231. The van der Waals surface area contributed by atoms with Crippen LogP contribution in [-0.2, 0) is 16.1 Å². The van der Waals surface area contributed by atoms with E-state index >= 15 is 0 Å². The Morgan fingerprint density at radius 2 is 1.93 bits per heavy atom. The van der Waals surface area contributed by atoms with E-state index in [1.165, 1.54) is 5.56 Å². The van der Waals surface area contributed by atoms with Crippen molar-refractivity contribution in [3.8, 4) is 11.4 Å². The number of hydrogen-bond acceptors (Lipinski definition) is 7. The Kier molecular flexibility index (Phi) is 5.63. The van der Waals surface area contributed by atoms with Crippen molar-refractivity contribution in [1.29, 1.82) is 0 Å². The van der Waals surface area contributed by atoms with Gasteiger partial charge in [-0.3, -0.25) is 14.5 Å². The van der Waals surface area contributed by atoms with Crippen molar-refractivity contribution in [2.24, 2.45) is 0 Å². The van der Waals surface area contributed by atoms with Crippen molar-refractivity contribution >= 4 is 23.6 Å². The second kappa shape index (κ2) is 8.32. The van der Waals surface area contributed by atoms with Crippen LogP contribution in [0.2, 0.25) is 0 Å². The molecule has 0 aliphatic carbocycles. The predicted molar refractivity (Wildman–Crippen MR) is 105 cm³/mol. The third-order valence-electron chi connectivity index (χ3n) is 5.01. The van der Waals surface area contributed by atoms with Gasteiger partial charge in [0, 0.05) is 31.7 Å². The average molecular weight is 401 g/mol. The number of aryl methyl sites for hydroxylation is 1. The molecule has 3 heterocycles. The van der Waals surface area contributed by atoms with Gasteiger partial charge in [-0.05, 0) is 6.92 Å². The van der Waals surface area contributed by atoms with Gasteiger partial charge in [0.25, 0.3) is 0 Å². The van der Waals surface area contributed by atoms with Crippen molar-refractivity contribution < 1.29 is 14.1 Å². The Morgan fingerprint density at radius 1 is 1.18 bits per heavy atom. The van der Waals surface area contributed by atoms with Gasteiger partial charge >= 0.3 is 0 Å². The average Bonchev–Trinajstić information content (AvgIpc) is 3.32. The van der Waals surface area contributed by atoms with Crippen molar-refractivity contribution in [2.75, 3.05) is 44.4 Å². The lowest BCUT2D eigenvalue weighted by Crippen LogP contribution is -2.51. The lowest BCUT2D eigenvalue weighted by atomic mass is 10.1. The zero-order valence-electron chi connectivity index (χ0n) is 15.8. The largest absolute Gasteiger partial charge is 0.339 e. The minimum atomic E-state index is 0.0231. The van der Waals surface area contributed by atoms with E-state index < -0.39 is 0 Å². The van der Waals surface area contributed by atoms with Crippen molar-refractivity contribution in [1.82, 2.24) is 24.8 Å². The summed E-state index contributed by atoms with van der Waals surface area (Å²) in [5.74, 6) is 2.35. The normalized spacial score (nSPS) is 18.1.